The molecule has 27 heavy (non-hydrogen) atoms. The van der Waals surface area contributed by atoms with Crippen molar-refractivity contribution in [3.05, 3.63) is 72.6 Å². The molecule has 0 aromatic heterocycles. The van der Waals surface area contributed by atoms with Crippen LogP contribution < -0.4 is 10.4 Å². The smallest absolute Gasteiger partial charge is 0.366 e. The standard InChI is InChI=1S/C22H27FO3Si/c1-5-25-21(24)20(23)16-17-26-27(22(2,3)4,18-12-8-6-9-13-18)19-14-10-7-11-15-19/h6-16H,5,17H2,1-4H3/b20-16+. The fraction of sp³-hybridized carbons (Fsp3) is 0.318. The van der Waals surface area contributed by atoms with Gasteiger partial charge in [-0.2, -0.15) is 4.39 Å². The molecule has 2 rings (SSSR count). The molecule has 0 aliphatic carbocycles. The average molecular weight is 387 g/mol. The summed E-state index contributed by atoms with van der Waals surface area (Å²) in [6, 6.07) is 20.2. The van der Waals surface area contributed by atoms with E-state index in [0.717, 1.165) is 16.4 Å². The van der Waals surface area contributed by atoms with E-state index in [-0.39, 0.29) is 18.3 Å². The van der Waals surface area contributed by atoms with E-state index in [1.165, 1.54) is 0 Å². The molecule has 5 heteroatoms. The Morgan fingerprint density at radius 2 is 1.48 bits per heavy atom. The number of hydrogen-bond acceptors (Lipinski definition) is 3. The highest BCUT2D eigenvalue weighted by molar-refractivity contribution is 6.99. The van der Waals surface area contributed by atoms with Gasteiger partial charge >= 0.3 is 5.97 Å². The lowest BCUT2D eigenvalue weighted by atomic mass is 10.2. The lowest BCUT2D eigenvalue weighted by Crippen LogP contribution is -2.66. The summed E-state index contributed by atoms with van der Waals surface area (Å²) in [4.78, 5) is 11.5. The number of carbonyl (C=O) groups excluding carboxylic acids is 1. The molecule has 0 amide bonds. The van der Waals surface area contributed by atoms with Crippen molar-refractivity contribution in [2.45, 2.75) is 32.7 Å². The van der Waals surface area contributed by atoms with E-state index in [1.807, 2.05) is 36.4 Å². The topological polar surface area (TPSA) is 35.5 Å². The number of halogens is 1. The van der Waals surface area contributed by atoms with Crippen molar-refractivity contribution in [2.24, 2.45) is 0 Å². The van der Waals surface area contributed by atoms with Crippen molar-refractivity contribution < 1.29 is 18.3 Å². The number of hydrogen-bond donors (Lipinski definition) is 0. The maximum atomic E-state index is 14.0. The Morgan fingerprint density at radius 1 is 1.00 bits per heavy atom. The third-order valence-electron chi connectivity index (χ3n) is 4.45. The summed E-state index contributed by atoms with van der Waals surface area (Å²) in [6.45, 7) is 8.21. The molecule has 0 saturated heterocycles. The van der Waals surface area contributed by atoms with Gasteiger partial charge < -0.3 is 9.16 Å². The van der Waals surface area contributed by atoms with Crippen LogP contribution in [0.5, 0.6) is 0 Å². The zero-order valence-electron chi connectivity index (χ0n) is 16.4. The fourth-order valence-corrected chi connectivity index (χ4v) is 7.77. The van der Waals surface area contributed by atoms with Crippen LogP contribution in [0.2, 0.25) is 5.04 Å². The van der Waals surface area contributed by atoms with Crippen LogP contribution in [0.3, 0.4) is 0 Å². The molecule has 0 saturated carbocycles. The summed E-state index contributed by atoms with van der Waals surface area (Å²) in [5.41, 5.74) is 0. The Labute approximate surface area is 162 Å². The molecule has 0 aliphatic heterocycles. The molecule has 0 heterocycles. The molecule has 0 spiro atoms. The maximum absolute atomic E-state index is 14.0. The van der Waals surface area contributed by atoms with Crippen LogP contribution in [0.15, 0.2) is 72.6 Å². The van der Waals surface area contributed by atoms with E-state index in [9.17, 15) is 9.18 Å². The molecule has 2 aromatic carbocycles. The van der Waals surface area contributed by atoms with Crippen LogP contribution in [0, 0.1) is 0 Å². The van der Waals surface area contributed by atoms with Crippen molar-refractivity contribution in [3.8, 4) is 0 Å². The van der Waals surface area contributed by atoms with E-state index in [4.69, 9.17) is 9.16 Å². The monoisotopic (exact) mass is 386 g/mol. The molecule has 0 aliphatic rings. The van der Waals surface area contributed by atoms with Crippen LogP contribution in [0.25, 0.3) is 0 Å². The van der Waals surface area contributed by atoms with Crippen LogP contribution in [-0.2, 0) is 14.0 Å². The van der Waals surface area contributed by atoms with Gasteiger partial charge in [-0.3, -0.25) is 0 Å². The normalized spacial score (nSPS) is 12.7. The Kier molecular flexibility index (Phi) is 7.10. The quantitative estimate of drug-likeness (QED) is 0.410. The first-order valence-electron chi connectivity index (χ1n) is 9.10. The number of carbonyl (C=O) groups is 1. The summed E-state index contributed by atoms with van der Waals surface area (Å²) < 4.78 is 25.2. The van der Waals surface area contributed by atoms with Gasteiger partial charge in [-0.05, 0) is 28.4 Å². The minimum absolute atomic E-state index is 0.00206. The van der Waals surface area contributed by atoms with Gasteiger partial charge in [-0.1, -0.05) is 81.4 Å². The van der Waals surface area contributed by atoms with Gasteiger partial charge in [0.1, 0.15) is 0 Å². The van der Waals surface area contributed by atoms with E-state index in [1.54, 1.807) is 6.92 Å². The second kappa shape index (κ2) is 9.11. The predicted molar refractivity (Wildman–Crippen MR) is 109 cm³/mol. The first-order valence-corrected chi connectivity index (χ1v) is 11.0. The van der Waals surface area contributed by atoms with Crippen molar-refractivity contribution in [2.75, 3.05) is 13.2 Å². The van der Waals surface area contributed by atoms with Crippen LogP contribution >= 0.6 is 0 Å². The van der Waals surface area contributed by atoms with E-state index in [0.29, 0.717) is 0 Å². The predicted octanol–water partition coefficient (Wildman–Crippen LogP) is 3.98. The van der Waals surface area contributed by atoms with Crippen LogP contribution in [0.1, 0.15) is 27.7 Å². The van der Waals surface area contributed by atoms with E-state index < -0.39 is 20.1 Å². The van der Waals surface area contributed by atoms with Gasteiger partial charge in [0.15, 0.2) is 0 Å². The summed E-state index contributed by atoms with van der Waals surface area (Å²) >= 11 is 0. The first-order chi connectivity index (χ1) is 12.8. The van der Waals surface area contributed by atoms with Crippen molar-refractivity contribution in [1.29, 1.82) is 0 Å². The number of ether oxygens (including phenoxy) is 1. The number of esters is 1. The molecule has 0 bridgehead atoms. The van der Waals surface area contributed by atoms with Gasteiger partial charge in [0.05, 0.1) is 13.2 Å². The SMILES string of the molecule is CCOC(=O)/C(F)=C\CO[Si](c1ccccc1)(c1ccccc1)C(C)(C)C. The van der Waals surface area contributed by atoms with Gasteiger partial charge in [0.2, 0.25) is 5.83 Å². The third kappa shape index (κ3) is 4.73. The second-order valence-electron chi connectivity index (χ2n) is 7.25. The highest BCUT2D eigenvalue weighted by Gasteiger charge is 2.49. The molecular weight excluding hydrogens is 359 g/mol. The summed E-state index contributed by atoms with van der Waals surface area (Å²) in [5.74, 6) is -1.88. The Morgan fingerprint density at radius 3 is 1.89 bits per heavy atom. The van der Waals surface area contributed by atoms with Crippen molar-refractivity contribution >= 4 is 24.7 Å². The zero-order valence-corrected chi connectivity index (χ0v) is 17.4. The average Bonchev–Trinajstić information content (AvgIpc) is 2.65. The molecule has 0 atom stereocenters. The molecule has 144 valence electrons. The van der Waals surface area contributed by atoms with Crippen molar-refractivity contribution in [3.63, 3.8) is 0 Å². The lowest BCUT2D eigenvalue weighted by molar-refractivity contribution is -0.140. The Hall–Kier alpha value is -2.24. The van der Waals surface area contributed by atoms with Crippen LogP contribution in [-0.4, -0.2) is 27.5 Å². The molecular formula is C22H27FO3Si. The Bertz CT molecular complexity index is 728. The second-order valence-corrected chi connectivity index (χ2v) is 11.6. The fourth-order valence-electron chi connectivity index (χ4n) is 3.28. The zero-order chi connectivity index (χ0) is 19.9. The summed E-state index contributed by atoms with van der Waals surface area (Å²) in [7, 11) is -2.73. The highest BCUT2D eigenvalue weighted by Crippen LogP contribution is 2.36. The van der Waals surface area contributed by atoms with Gasteiger partial charge in [0, 0.05) is 0 Å². The molecule has 2 aromatic rings. The van der Waals surface area contributed by atoms with E-state index >= 15 is 0 Å². The summed E-state index contributed by atoms with van der Waals surface area (Å²) in [6.07, 6.45) is 1.16. The van der Waals surface area contributed by atoms with Crippen molar-refractivity contribution in [1.82, 2.24) is 0 Å². The third-order valence-corrected chi connectivity index (χ3v) is 9.45. The first kappa shape index (κ1) is 21.1. The molecule has 0 unspecified atom stereocenters. The number of benzene rings is 2. The highest BCUT2D eigenvalue weighted by atomic mass is 28.4. The maximum Gasteiger partial charge on any atom is 0.366 e. The lowest BCUT2D eigenvalue weighted by Gasteiger charge is -2.42. The van der Waals surface area contributed by atoms with Crippen LogP contribution in [0.4, 0.5) is 4.39 Å². The molecule has 0 fully saturated rings. The largest absolute Gasteiger partial charge is 0.461 e. The van der Waals surface area contributed by atoms with Gasteiger partial charge in [0.25, 0.3) is 8.32 Å². The molecule has 0 radical (unpaired) electrons. The minimum Gasteiger partial charge on any atom is -0.461 e. The minimum atomic E-state index is -2.73. The van der Waals surface area contributed by atoms with Gasteiger partial charge in [-0.15, -0.1) is 0 Å². The molecule has 3 nitrogen and oxygen atoms in total. The Balaban J connectivity index is 2.47. The van der Waals surface area contributed by atoms with Gasteiger partial charge in [-0.25, -0.2) is 4.79 Å². The number of rotatable bonds is 7. The summed E-state index contributed by atoms with van der Waals surface area (Å²) in [5, 5.41) is 2.01. The van der Waals surface area contributed by atoms with E-state index in [2.05, 4.69) is 45.0 Å². The molecule has 0 N–H and O–H groups in total.